The molecule has 2 saturated heterocycles. The summed E-state index contributed by atoms with van der Waals surface area (Å²) < 4.78 is 28.0. The number of carbonyl (C=O) groups is 5. The minimum atomic E-state index is -0.941. The van der Waals surface area contributed by atoms with Gasteiger partial charge in [-0.3, -0.25) is 33.7 Å². The number of aromatic nitrogens is 3. The Balaban J connectivity index is 0.676. The number of nitrogens with one attached hydrogen (secondary N) is 7. The van der Waals surface area contributed by atoms with E-state index in [4.69, 9.17) is 34.1 Å². The number of β-amino-alcohol motifs (C(OH)–C–C–N with tert-alkyl or cyclic N) is 1. The number of carbonyl (C=O) groups excluding carboxylic acids is 5. The predicted octanol–water partition coefficient (Wildman–Crippen LogP) is 5.14. The molecule has 3 aromatic heterocycles. The molecule has 25 heteroatoms. The molecule has 3 atom stereocenters. The van der Waals surface area contributed by atoms with Crippen molar-refractivity contribution in [2.75, 3.05) is 122 Å². The fraction of sp³-hybridized carbons (Fsp3) is 0.530. The highest BCUT2D eigenvalue weighted by Crippen LogP contribution is 2.32. The van der Waals surface area contributed by atoms with Crippen molar-refractivity contribution in [3.05, 3.63) is 116 Å². The maximum atomic E-state index is 14.0. The molecule has 2 aliphatic heterocycles. The molecule has 0 radical (unpaired) electrons. The normalized spacial score (nSPS) is 15.6. The number of aryl methyl sites for hydroxylation is 3. The first-order valence-corrected chi connectivity index (χ1v) is 32.1. The van der Waals surface area contributed by atoms with Gasteiger partial charge in [-0.2, -0.15) is 0 Å². The second kappa shape index (κ2) is 35.4. The monoisotopic (exact) mass is 1280 g/mol. The lowest BCUT2D eigenvalue weighted by Crippen LogP contribution is -2.57. The standard InChI is InChI=1S/C66H92N12O12S/c1-43(2)73-55-35-50(34-52(53(55)37-67)62(82)71-40-54-44(3)33-45(4)74-63(54)83)49-13-14-57(69-39-49)77-21-19-76(20-22-77)18-17-68-58(80)15-23-86-25-27-88-29-31-90-32-30-89-28-26-87-24-16-59(81)75-61(66(6,7)8)65(85)78-41-51(79)36-56(78)64(84)70-38-47-9-11-48(12-10-47)60-46(5)72-42-91-60/h9-14,33-35,37,39,42-43,51,56,61,67,73,79H,15-32,36,38,40-41H2,1-8H3,(H,68,80)(H,70,84)(H,71,82)(H,74,83)(H,75,81)/t51-,56+,61-/m1/s1. The molecule has 5 amide bonds. The van der Waals surface area contributed by atoms with Crippen molar-refractivity contribution in [3.63, 3.8) is 0 Å². The van der Waals surface area contributed by atoms with Crippen molar-refractivity contribution >= 4 is 58.6 Å². The van der Waals surface area contributed by atoms with Crippen LogP contribution < -0.4 is 37.0 Å². The number of piperazine rings is 1. The fourth-order valence-electron chi connectivity index (χ4n) is 10.7. The number of ether oxygens (including phenoxy) is 5. The molecule has 24 nitrogen and oxygen atoms in total. The van der Waals surface area contributed by atoms with Crippen LogP contribution in [0, 0.1) is 31.6 Å². The van der Waals surface area contributed by atoms with Crippen LogP contribution in [-0.2, 0) is 56.0 Å². The largest absolute Gasteiger partial charge is 0.391 e. The van der Waals surface area contributed by atoms with E-state index in [0.717, 1.165) is 82.6 Å². The Morgan fingerprint density at radius 2 is 1.40 bits per heavy atom. The van der Waals surface area contributed by atoms with Gasteiger partial charge in [-0.15, -0.1) is 11.3 Å². The van der Waals surface area contributed by atoms with Gasteiger partial charge < -0.3 is 75.6 Å². The molecular weight excluding hydrogens is 1180 g/mol. The average molecular weight is 1280 g/mol. The molecule has 5 aromatic rings. The molecule has 8 N–H and O–H groups in total. The van der Waals surface area contributed by atoms with Crippen molar-refractivity contribution in [2.24, 2.45) is 5.41 Å². The number of thiazole rings is 1. The minimum Gasteiger partial charge on any atom is -0.391 e. The molecule has 91 heavy (non-hydrogen) atoms. The maximum absolute atomic E-state index is 14.0. The summed E-state index contributed by atoms with van der Waals surface area (Å²) in [6, 6.07) is 15.6. The van der Waals surface area contributed by atoms with Gasteiger partial charge in [0.05, 0.1) is 93.8 Å². The number of aromatic amines is 1. The zero-order valence-corrected chi connectivity index (χ0v) is 54.7. The van der Waals surface area contributed by atoms with E-state index in [2.05, 4.69) is 46.4 Å². The van der Waals surface area contributed by atoms with Crippen LogP contribution in [0.2, 0.25) is 0 Å². The van der Waals surface area contributed by atoms with Gasteiger partial charge in [-0.25, -0.2) is 9.97 Å². The molecule has 494 valence electrons. The molecule has 2 aliphatic rings. The highest BCUT2D eigenvalue weighted by Gasteiger charge is 2.44. The Labute approximate surface area is 537 Å². The van der Waals surface area contributed by atoms with Crippen LogP contribution >= 0.6 is 11.3 Å². The van der Waals surface area contributed by atoms with E-state index in [1.54, 1.807) is 23.6 Å². The zero-order chi connectivity index (χ0) is 65.5. The molecule has 0 unspecified atom stereocenters. The molecule has 0 bridgehead atoms. The van der Waals surface area contributed by atoms with Gasteiger partial charge in [-0.1, -0.05) is 45.0 Å². The summed E-state index contributed by atoms with van der Waals surface area (Å²) in [5, 5.41) is 33.8. The van der Waals surface area contributed by atoms with Gasteiger partial charge in [0.15, 0.2) is 0 Å². The summed E-state index contributed by atoms with van der Waals surface area (Å²) in [4.78, 5) is 98.3. The number of likely N-dealkylation sites (tertiary alicyclic amines) is 1. The van der Waals surface area contributed by atoms with E-state index in [-0.39, 0.29) is 88.0 Å². The van der Waals surface area contributed by atoms with Crippen LogP contribution in [-0.4, -0.2) is 202 Å². The number of hydrogen-bond donors (Lipinski definition) is 8. The smallest absolute Gasteiger partial charge is 0.253 e. The third-order valence-corrected chi connectivity index (χ3v) is 16.6. The molecule has 0 spiro atoms. The number of amides is 5. The fourth-order valence-corrected chi connectivity index (χ4v) is 11.5. The van der Waals surface area contributed by atoms with Gasteiger partial charge in [0.2, 0.25) is 23.6 Å². The Bertz CT molecular complexity index is 3250. The molecular formula is C66H92N12O12S. The predicted molar refractivity (Wildman–Crippen MR) is 351 cm³/mol. The van der Waals surface area contributed by atoms with Crippen molar-refractivity contribution in [3.8, 4) is 21.6 Å². The van der Waals surface area contributed by atoms with Crippen molar-refractivity contribution < 1.29 is 52.8 Å². The summed E-state index contributed by atoms with van der Waals surface area (Å²) in [6.07, 6.45) is 2.45. The topological polar surface area (TPSA) is 304 Å². The zero-order valence-electron chi connectivity index (χ0n) is 53.9. The van der Waals surface area contributed by atoms with E-state index < -0.39 is 35.4 Å². The van der Waals surface area contributed by atoms with Crippen LogP contribution in [0.5, 0.6) is 0 Å². The Morgan fingerprint density at radius 1 is 0.769 bits per heavy atom. The van der Waals surface area contributed by atoms with Gasteiger partial charge in [0, 0.05) is 125 Å². The van der Waals surface area contributed by atoms with E-state index in [9.17, 15) is 33.9 Å². The quantitative estimate of drug-likeness (QED) is 0.0192. The Kier molecular flexibility index (Phi) is 27.6. The lowest BCUT2D eigenvalue weighted by atomic mass is 9.85. The SMILES string of the molecule is Cc1cc(C)c(CNC(=O)c2cc(-c3ccc(N4CCN(CCNC(=O)CCOCCOCCOCCOCCOCCC(=O)N[C@H](C(=O)N5C[C@H](O)C[C@H]5C(=O)NCc5ccc(-c6scnc6C)cc5)C(C)(C)C)CC4)nc3)cc(NC(C)C)c2C=N)c(=O)[nH]1. The molecule has 0 saturated carbocycles. The van der Waals surface area contributed by atoms with Gasteiger partial charge in [0.25, 0.3) is 11.5 Å². The third kappa shape index (κ3) is 21.8. The lowest BCUT2D eigenvalue weighted by Gasteiger charge is -2.35. The summed E-state index contributed by atoms with van der Waals surface area (Å²) in [6.45, 7) is 22.9. The van der Waals surface area contributed by atoms with E-state index in [0.29, 0.717) is 75.2 Å². The van der Waals surface area contributed by atoms with Crippen LogP contribution in [0.25, 0.3) is 21.6 Å². The van der Waals surface area contributed by atoms with Crippen molar-refractivity contribution in [1.29, 1.82) is 5.41 Å². The number of benzene rings is 2. The van der Waals surface area contributed by atoms with Gasteiger partial charge >= 0.3 is 0 Å². The summed E-state index contributed by atoms with van der Waals surface area (Å²) in [5.41, 5.74) is 8.77. The van der Waals surface area contributed by atoms with Crippen LogP contribution in [0.3, 0.4) is 0 Å². The minimum absolute atomic E-state index is 0.0143. The number of anilines is 2. The Morgan fingerprint density at radius 3 is 1.97 bits per heavy atom. The van der Waals surface area contributed by atoms with E-state index in [1.165, 1.54) is 11.1 Å². The number of H-pyrrole nitrogens is 1. The first kappa shape index (κ1) is 71.0. The average Bonchev–Trinajstić information content (AvgIpc) is 1.76. The lowest BCUT2D eigenvalue weighted by molar-refractivity contribution is -0.144. The number of rotatable bonds is 35. The first-order valence-electron chi connectivity index (χ1n) is 31.3. The van der Waals surface area contributed by atoms with E-state index >= 15 is 0 Å². The second-order valence-corrected chi connectivity index (χ2v) is 25.0. The second-order valence-electron chi connectivity index (χ2n) is 24.1. The highest BCUT2D eigenvalue weighted by atomic mass is 32.1. The third-order valence-electron chi connectivity index (χ3n) is 15.6. The van der Waals surface area contributed by atoms with E-state index in [1.807, 2.05) is 109 Å². The first-order chi connectivity index (χ1) is 43.7. The van der Waals surface area contributed by atoms with Crippen LogP contribution in [0.4, 0.5) is 11.5 Å². The number of aliphatic hydroxyl groups is 1. The van der Waals surface area contributed by atoms with Gasteiger partial charge in [0.1, 0.15) is 17.9 Å². The van der Waals surface area contributed by atoms with Crippen LogP contribution in [0.15, 0.2) is 71.1 Å². The molecule has 2 aromatic carbocycles. The van der Waals surface area contributed by atoms with Gasteiger partial charge in [-0.05, 0) is 92.6 Å². The van der Waals surface area contributed by atoms with Crippen molar-refractivity contribution in [2.45, 2.75) is 112 Å². The number of hydrogen-bond acceptors (Lipinski definition) is 19. The maximum Gasteiger partial charge on any atom is 0.253 e. The van der Waals surface area contributed by atoms with Crippen LogP contribution in [0.1, 0.15) is 97.9 Å². The number of nitrogens with zero attached hydrogens (tertiary/aromatic N) is 5. The Hall–Kier alpha value is -7.49. The number of pyridine rings is 2. The molecule has 5 heterocycles. The summed E-state index contributed by atoms with van der Waals surface area (Å²) in [7, 11) is 0. The summed E-state index contributed by atoms with van der Waals surface area (Å²) >= 11 is 1.57. The highest BCUT2D eigenvalue weighted by molar-refractivity contribution is 7.13. The van der Waals surface area contributed by atoms with Crippen molar-refractivity contribution in [1.82, 2.24) is 46.0 Å². The number of aliphatic hydroxyl groups excluding tert-OH is 1. The summed E-state index contributed by atoms with van der Waals surface area (Å²) in [5.74, 6) is -0.808. The molecule has 7 rings (SSSR count). The molecule has 2 fully saturated rings. The molecule has 0 aliphatic carbocycles.